The summed E-state index contributed by atoms with van der Waals surface area (Å²) in [6, 6.07) is 5.02. The summed E-state index contributed by atoms with van der Waals surface area (Å²) in [5.41, 5.74) is -0.139. The first-order valence-corrected chi connectivity index (χ1v) is 10.3. The lowest BCUT2D eigenvalue weighted by Crippen LogP contribution is -2.27. The normalized spacial score (nSPS) is 13.3. The van der Waals surface area contributed by atoms with Gasteiger partial charge in [0.25, 0.3) is 10.1 Å². The van der Waals surface area contributed by atoms with Crippen LogP contribution >= 0.6 is 11.3 Å². The van der Waals surface area contributed by atoms with Crippen molar-refractivity contribution in [3.8, 4) is 10.7 Å². The fourth-order valence-electron chi connectivity index (χ4n) is 1.84. The number of carbonyl (C=O) groups excluding carboxylic acids is 1. The average Bonchev–Trinajstić information content (AvgIpc) is 2.93. The van der Waals surface area contributed by atoms with Gasteiger partial charge >= 0.3 is 6.09 Å². The minimum absolute atomic E-state index is 0.300. The molecule has 0 saturated carbocycles. The Morgan fingerprint density at radius 2 is 1.96 bits per heavy atom. The highest BCUT2D eigenvalue weighted by atomic mass is 32.2. The van der Waals surface area contributed by atoms with Crippen molar-refractivity contribution in [2.45, 2.75) is 39.4 Å². The number of aromatic nitrogens is 3. The summed E-state index contributed by atoms with van der Waals surface area (Å²) in [5, 5.41) is 11.4. The van der Waals surface area contributed by atoms with Crippen molar-refractivity contribution in [1.29, 1.82) is 0 Å². The van der Waals surface area contributed by atoms with Crippen LogP contribution in [0.4, 0.5) is 10.6 Å². The monoisotopic (exact) mass is 400 g/mol. The van der Waals surface area contributed by atoms with E-state index in [1.54, 1.807) is 45.9 Å². The van der Waals surface area contributed by atoms with Crippen molar-refractivity contribution < 1.29 is 22.1 Å². The maximum absolute atomic E-state index is 11.8. The summed E-state index contributed by atoms with van der Waals surface area (Å²) in [4.78, 5) is 16.1. The number of pyridine rings is 1. The Kier molecular flexibility index (Phi) is 5.94. The lowest BCUT2D eigenvalue weighted by molar-refractivity contribution is 0.0635. The van der Waals surface area contributed by atoms with E-state index in [2.05, 4.69) is 20.5 Å². The molecule has 0 aliphatic heterocycles. The minimum Gasteiger partial charge on any atom is -0.444 e. The van der Waals surface area contributed by atoms with Crippen LogP contribution in [0.2, 0.25) is 0 Å². The molecule has 1 atom stereocenters. The van der Waals surface area contributed by atoms with Crippen LogP contribution < -0.4 is 5.32 Å². The second kappa shape index (κ2) is 7.64. The van der Waals surface area contributed by atoms with Gasteiger partial charge in [0.1, 0.15) is 28.2 Å². The number of amides is 1. The highest BCUT2D eigenvalue weighted by Crippen LogP contribution is 2.28. The quantitative estimate of drug-likeness (QED) is 0.761. The minimum atomic E-state index is -3.60. The molecule has 0 bridgehead atoms. The Hall–Kier alpha value is -2.11. The van der Waals surface area contributed by atoms with E-state index in [9.17, 15) is 13.2 Å². The van der Waals surface area contributed by atoms with Gasteiger partial charge in [-0.2, -0.15) is 8.42 Å². The highest BCUT2D eigenvalue weighted by Gasteiger charge is 2.19. The largest absolute Gasteiger partial charge is 0.444 e. The lowest BCUT2D eigenvalue weighted by Gasteiger charge is -2.19. The third-order valence-corrected chi connectivity index (χ3v) is 4.45. The fraction of sp³-hybridized carbons (Fsp3) is 0.467. The first kappa shape index (κ1) is 20.2. The van der Waals surface area contributed by atoms with E-state index in [4.69, 9.17) is 8.92 Å². The summed E-state index contributed by atoms with van der Waals surface area (Å²) in [7, 11) is -3.60. The van der Waals surface area contributed by atoms with E-state index in [-0.39, 0.29) is 0 Å². The molecular weight excluding hydrogens is 380 g/mol. The van der Waals surface area contributed by atoms with Crippen molar-refractivity contribution in [2.75, 3.05) is 11.6 Å². The molecule has 2 aromatic heterocycles. The van der Waals surface area contributed by atoms with Gasteiger partial charge in [-0.05, 0) is 39.8 Å². The summed E-state index contributed by atoms with van der Waals surface area (Å²) >= 11 is 1.15. The third kappa shape index (κ3) is 6.32. The van der Waals surface area contributed by atoms with Crippen molar-refractivity contribution in [3.63, 3.8) is 0 Å². The van der Waals surface area contributed by atoms with Crippen molar-refractivity contribution in [3.05, 3.63) is 23.2 Å². The third-order valence-electron chi connectivity index (χ3n) is 2.70. The lowest BCUT2D eigenvalue weighted by atomic mass is 10.2. The van der Waals surface area contributed by atoms with E-state index < -0.39 is 27.9 Å². The van der Waals surface area contributed by atoms with Crippen LogP contribution in [0.15, 0.2) is 18.2 Å². The van der Waals surface area contributed by atoms with Gasteiger partial charge in [0.05, 0.1) is 6.26 Å². The summed E-state index contributed by atoms with van der Waals surface area (Å²) in [6.45, 7) is 6.86. The van der Waals surface area contributed by atoms with Crippen LogP contribution in [-0.4, -0.2) is 41.5 Å². The summed E-state index contributed by atoms with van der Waals surface area (Å²) in [6.07, 6.45) is -0.395. The molecule has 1 N–H and O–H groups in total. The van der Waals surface area contributed by atoms with Gasteiger partial charge < -0.3 is 4.74 Å². The molecule has 142 valence electrons. The topological polar surface area (TPSA) is 120 Å². The van der Waals surface area contributed by atoms with Gasteiger partial charge in [-0.1, -0.05) is 17.4 Å². The van der Waals surface area contributed by atoms with Gasteiger partial charge in [0.2, 0.25) is 0 Å². The molecule has 2 heterocycles. The van der Waals surface area contributed by atoms with Gasteiger partial charge in [0, 0.05) is 0 Å². The van der Waals surface area contributed by atoms with Crippen LogP contribution in [-0.2, 0) is 19.0 Å². The fourth-order valence-corrected chi connectivity index (χ4v) is 3.31. The smallest absolute Gasteiger partial charge is 0.413 e. The molecular formula is C15H20N4O5S2. The average molecular weight is 400 g/mol. The Bertz CT molecular complexity index is 889. The number of hydrogen-bond donors (Lipinski definition) is 1. The first-order valence-electron chi connectivity index (χ1n) is 7.62. The van der Waals surface area contributed by atoms with Crippen LogP contribution in [0.3, 0.4) is 0 Å². The zero-order valence-corrected chi connectivity index (χ0v) is 16.6. The van der Waals surface area contributed by atoms with Crippen molar-refractivity contribution in [1.82, 2.24) is 15.2 Å². The van der Waals surface area contributed by atoms with Crippen LogP contribution in [0, 0.1) is 0 Å². The summed E-state index contributed by atoms with van der Waals surface area (Å²) in [5.74, 6) is 0.300. The molecule has 1 amide bonds. The molecule has 2 rings (SSSR count). The van der Waals surface area contributed by atoms with E-state index >= 15 is 0 Å². The van der Waals surface area contributed by atoms with Gasteiger partial charge in [-0.15, -0.1) is 10.2 Å². The molecule has 2 aromatic rings. The van der Waals surface area contributed by atoms with Gasteiger partial charge in [-0.3, -0.25) is 9.50 Å². The predicted molar refractivity (Wildman–Crippen MR) is 97.3 cm³/mol. The Labute approximate surface area is 155 Å². The van der Waals surface area contributed by atoms with E-state index in [0.29, 0.717) is 21.5 Å². The number of ether oxygens (including phenoxy) is 1. The van der Waals surface area contributed by atoms with Gasteiger partial charge in [-0.25, -0.2) is 9.78 Å². The Morgan fingerprint density at radius 3 is 2.58 bits per heavy atom. The molecule has 0 fully saturated rings. The number of nitrogens with zero attached hydrogens (tertiary/aromatic N) is 3. The standard InChI is InChI=1S/C15H20N4O5S2/c1-9(24-26(5,21)22)12-18-19-13(25-12)10-7-6-8-11(16-10)17-14(20)23-15(2,3)4/h6-9H,1-5H3,(H,16,17,20)/t9-/m1/s1. The SMILES string of the molecule is C[C@@H](OS(C)(=O)=O)c1nnc(-c2cccc(NC(=O)OC(C)(C)C)n2)s1. The maximum Gasteiger partial charge on any atom is 0.413 e. The molecule has 0 aliphatic carbocycles. The molecule has 0 radical (unpaired) electrons. The molecule has 0 unspecified atom stereocenters. The first-order chi connectivity index (χ1) is 11.9. The van der Waals surface area contributed by atoms with Crippen LogP contribution in [0.25, 0.3) is 10.7 Å². The van der Waals surface area contributed by atoms with E-state index in [1.807, 2.05) is 0 Å². The van der Waals surface area contributed by atoms with Crippen LogP contribution in [0.5, 0.6) is 0 Å². The van der Waals surface area contributed by atoms with Gasteiger partial charge in [0.15, 0.2) is 5.01 Å². The number of carbonyl (C=O) groups is 1. The molecule has 0 saturated heterocycles. The Morgan fingerprint density at radius 1 is 1.27 bits per heavy atom. The Balaban J connectivity index is 2.14. The predicted octanol–water partition coefficient (Wildman–Crippen LogP) is 2.98. The number of rotatable bonds is 5. The number of nitrogens with one attached hydrogen (secondary N) is 1. The van der Waals surface area contributed by atoms with Crippen molar-refractivity contribution >= 4 is 33.4 Å². The summed E-state index contributed by atoms with van der Waals surface area (Å²) < 4.78 is 32.5. The number of anilines is 1. The zero-order valence-electron chi connectivity index (χ0n) is 15.0. The zero-order chi connectivity index (χ0) is 19.5. The molecule has 9 nitrogen and oxygen atoms in total. The van der Waals surface area contributed by atoms with Crippen LogP contribution in [0.1, 0.15) is 38.8 Å². The molecule has 26 heavy (non-hydrogen) atoms. The molecule has 0 aliphatic rings. The van der Waals surface area contributed by atoms with E-state index in [0.717, 1.165) is 17.6 Å². The second-order valence-corrected chi connectivity index (χ2v) is 9.03. The molecule has 0 aromatic carbocycles. The number of hydrogen-bond acceptors (Lipinski definition) is 9. The molecule has 0 spiro atoms. The maximum atomic E-state index is 11.8. The second-order valence-electron chi connectivity index (χ2n) is 6.42. The van der Waals surface area contributed by atoms with Crippen molar-refractivity contribution in [2.24, 2.45) is 0 Å². The van der Waals surface area contributed by atoms with E-state index in [1.165, 1.54) is 0 Å². The molecule has 11 heteroatoms. The highest BCUT2D eigenvalue weighted by molar-refractivity contribution is 7.86.